The molecule has 0 aromatic heterocycles. The Hall–Kier alpha value is -0.790. The van der Waals surface area contributed by atoms with Crippen molar-refractivity contribution < 1.29 is 4.79 Å². The van der Waals surface area contributed by atoms with Crippen molar-refractivity contribution in [2.45, 2.75) is 104 Å². The topological polar surface area (TPSA) is 43.1 Å². The lowest BCUT2D eigenvalue weighted by atomic mass is 9.97. The normalized spacial score (nSPS) is 12.8. The van der Waals surface area contributed by atoms with Crippen LogP contribution in [0.25, 0.3) is 0 Å². The summed E-state index contributed by atoms with van der Waals surface area (Å²) in [6.07, 6.45) is 22.3. The first-order chi connectivity index (χ1) is 10.7. The van der Waals surface area contributed by atoms with E-state index in [0.29, 0.717) is 0 Å². The second-order valence-corrected chi connectivity index (χ2v) is 6.53. The van der Waals surface area contributed by atoms with Crippen LogP contribution in [0.3, 0.4) is 0 Å². The monoisotopic (exact) mass is 309 g/mol. The van der Waals surface area contributed by atoms with Crippen molar-refractivity contribution >= 4 is 5.91 Å². The molecule has 2 heteroatoms. The third-order valence-electron chi connectivity index (χ3n) is 4.46. The Kier molecular flexibility index (Phi) is 16.0. The zero-order valence-corrected chi connectivity index (χ0v) is 15.1. The molecule has 0 aliphatic carbocycles. The van der Waals surface area contributed by atoms with Gasteiger partial charge in [-0.25, -0.2) is 0 Å². The first-order valence-electron chi connectivity index (χ1n) is 9.66. The molecular weight excluding hydrogens is 270 g/mol. The summed E-state index contributed by atoms with van der Waals surface area (Å²) in [5.74, 6) is -0.0302. The van der Waals surface area contributed by atoms with Crippen molar-refractivity contribution in [3.63, 3.8) is 0 Å². The Morgan fingerprint density at radius 2 is 1.32 bits per heavy atom. The van der Waals surface area contributed by atoms with Crippen molar-refractivity contribution in [3.05, 3.63) is 12.2 Å². The summed E-state index contributed by atoms with van der Waals surface area (Å²) < 4.78 is 0. The second kappa shape index (κ2) is 16.6. The van der Waals surface area contributed by atoms with Gasteiger partial charge in [-0.2, -0.15) is 0 Å². The molecule has 2 nitrogen and oxygen atoms in total. The fourth-order valence-electron chi connectivity index (χ4n) is 2.83. The molecule has 0 aliphatic rings. The van der Waals surface area contributed by atoms with Gasteiger partial charge in [-0.3, -0.25) is 4.79 Å². The number of unbranched alkanes of at least 4 members (excludes halogenated alkanes) is 10. The molecule has 0 bridgehead atoms. The molecule has 0 saturated carbocycles. The van der Waals surface area contributed by atoms with E-state index in [-0.39, 0.29) is 11.8 Å². The van der Waals surface area contributed by atoms with Crippen LogP contribution in [-0.2, 0) is 4.79 Å². The highest BCUT2D eigenvalue weighted by Gasteiger charge is 2.11. The van der Waals surface area contributed by atoms with E-state index in [1.54, 1.807) is 0 Å². The predicted molar refractivity (Wildman–Crippen MR) is 97.8 cm³/mol. The van der Waals surface area contributed by atoms with Gasteiger partial charge in [0.2, 0.25) is 5.91 Å². The Balaban J connectivity index is 3.25. The maximum absolute atomic E-state index is 11.1. The molecule has 0 aliphatic heterocycles. The van der Waals surface area contributed by atoms with Gasteiger partial charge in [0.1, 0.15) is 0 Å². The van der Waals surface area contributed by atoms with Crippen molar-refractivity contribution in [2.24, 2.45) is 11.7 Å². The van der Waals surface area contributed by atoms with Crippen molar-refractivity contribution in [2.75, 3.05) is 0 Å². The summed E-state index contributed by atoms with van der Waals surface area (Å²) in [7, 11) is 0. The first kappa shape index (κ1) is 21.2. The predicted octanol–water partition coefficient (Wildman–Crippen LogP) is 6.15. The number of hydrogen-bond donors (Lipinski definition) is 1. The van der Waals surface area contributed by atoms with Crippen LogP contribution in [0.5, 0.6) is 0 Å². The summed E-state index contributed by atoms with van der Waals surface area (Å²) >= 11 is 0. The smallest absolute Gasteiger partial charge is 0.220 e. The van der Waals surface area contributed by atoms with E-state index in [1.165, 1.54) is 70.6 Å². The average molecular weight is 310 g/mol. The Morgan fingerprint density at radius 1 is 0.818 bits per heavy atom. The summed E-state index contributed by atoms with van der Waals surface area (Å²) in [5.41, 5.74) is 5.35. The number of nitrogens with two attached hydrogens (primary N) is 1. The Labute approximate surface area is 138 Å². The maximum atomic E-state index is 11.1. The summed E-state index contributed by atoms with van der Waals surface area (Å²) in [6, 6.07) is 0. The van der Waals surface area contributed by atoms with E-state index in [4.69, 9.17) is 5.73 Å². The van der Waals surface area contributed by atoms with Crippen LogP contribution in [0.15, 0.2) is 12.2 Å². The summed E-state index contributed by atoms with van der Waals surface area (Å²) in [6.45, 7) is 4.31. The third kappa shape index (κ3) is 14.2. The molecule has 0 saturated heterocycles. The molecule has 1 atom stereocenters. The molecule has 0 aromatic carbocycles. The van der Waals surface area contributed by atoms with Gasteiger partial charge in [-0.05, 0) is 38.5 Å². The van der Waals surface area contributed by atoms with Crippen molar-refractivity contribution in [1.82, 2.24) is 0 Å². The molecule has 0 spiro atoms. The van der Waals surface area contributed by atoms with E-state index >= 15 is 0 Å². The lowest BCUT2D eigenvalue weighted by Crippen LogP contribution is -2.22. The number of rotatable bonds is 16. The SMILES string of the molecule is CCCCCCCCC=CCCCCCCC(CC)C(N)=O. The molecule has 2 N–H and O–H groups in total. The molecule has 0 aromatic rings. The van der Waals surface area contributed by atoms with E-state index < -0.39 is 0 Å². The Bertz CT molecular complexity index is 273. The van der Waals surface area contributed by atoms with Crippen molar-refractivity contribution in [3.8, 4) is 0 Å². The van der Waals surface area contributed by atoms with Crippen LogP contribution in [-0.4, -0.2) is 5.91 Å². The number of carbonyl (C=O) groups excluding carboxylic acids is 1. The minimum absolute atomic E-state index is 0.0947. The standard InChI is InChI=1S/C20H39NO/c1-3-5-6-7-8-9-10-11-12-13-14-15-16-17-18-19(4-2)20(21)22/h11-12,19H,3-10,13-18H2,1-2H3,(H2,21,22). The zero-order valence-electron chi connectivity index (χ0n) is 15.1. The Morgan fingerprint density at radius 3 is 1.82 bits per heavy atom. The van der Waals surface area contributed by atoms with Gasteiger partial charge in [0.25, 0.3) is 0 Å². The number of primary amides is 1. The number of amides is 1. The molecule has 0 fully saturated rings. The van der Waals surface area contributed by atoms with Gasteiger partial charge in [-0.1, -0.05) is 77.4 Å². The van der Waals surface area contributed by atoms with E-state index in [2.05, 4.69) is 19.1 Å². The first-order valence-corrected chi connectivity index (χ1v) is 9.66. The number of carbonyl (C=O) groups is 1. The van der Waals surface area contributed by atoms with Crippen molar-refractivity contribution in [1.29, 1.82) is 0 Å². The van der Waals surface area contributed by atoms with Gasteiger partial charge in [0, 0.05) is 5.92 Å². The molecule has 1 unspecified atom stereocenters. The second-order valence-electron chi connectivity index (χ2n) is 6.53. The van der Waals surface area contributed by atoms with Gasteiger partial charge >= 0.3 is 0 Å². The molecule has 0 heterocycles. The largest absolute Gasteiger partial charge is 0.369 e. The lowest BCUT2D eigenvalue weighted by molar-refractivity contribution is -0.122. The molecule has 0 radical (unpaired) electrons. The fraction of sp³-hybridized carbons (Fsp3) is 0.850. The van der Waals surface area contributed by atoms with Crippen LogP contribution >= 0.6 is 0 Å². The van der Waals surface area contributed by atoms with Crippen LogP contribution < -0.4 is 5.73 Å². The van der Waals surface area contributed by atoms with Crippen LogP contribution in [0, 0.1) is 5.92 Å². The lowest BCUT2D eigenvalue weighted by Gasteiger charge is -2.09. The minimum atomic E-state index is -0.125. The highest BCUT2D eigenvalue weighted by molar-refractivity contribution is 5.76. The number of hydrogen-bond acceptors (Lipinski definition) is 1. The molecule has 22 heavy (non-hydrogen) atoms. The van der Waals surface area contributed by atoms with Gasteiger partial charge < -0.3 is 5.73 Å². The van der Waals surface area contributed by atoms with Crippen LogP contribution in [0.1, 0.15) is 104 Å². The van der Waals surface area contributed by atoms with Crippen LogP contribution in [0.2, 0.25) is 0 Å². The van der Waals surface area contributed by atoms with Gasteiger partial charge in [0.05, 0.1) is 0 Å². The molecular formula is C20H39NO. The van der Waals surface area contributed by atoms with Gasteiger partial charge in [-0.15, -0.1) is 0 Å². The van der Waals surface area contributed by atoms with E-state index in [0.717, 1.165) is 19.3 Å². The highest BCUT2D eigenvalue weighted by atomic mass is 16.1. The number of allylic oxidation sites excluding steroid dienone is 2. The minimum Gasteiger partial charge on any atom is -0.369 e. The van der Waals surface area contributed by atoms with Gasteiger partial charge in [0.15, 0.2) is 0 Å². The summed E-state index contributed by atoms with van der Waals surface area (Å²) in [4.78, 5) is 11.1. The van der Waals surface area contributed by atoms with Crippen LogP contribution in [0.4, 0.5) is 0 Å². The maximum Gasteiger partial charge on any atom is 0.220 e. The molecule has 0 rings (SSSR count). The summed E-state index contributed by atoms with van der Waals surface area (Å²) in [5, 5.41) is 0. The quantitative estimate of drug-likeness (QED) is 0.270. The third-order valence-corrected chi connectivity index (χ3v) is 4.46. The average Bonchev–Trinajstić information content (AvgIpc) is 2.51. The zero-order chi connectivity index (χ0) is 16.5. The molecule has 1 amide bonds. The van der Waals surface area contributed by atoms with E-state index in [9.17, 15) is 4.79 Å². The highest BCUT2D eigenvalue weighted by Crippen LogP contribution is 2.14. The fourth-order valence-corrected chi connectivity index (χ4v) is 2.83. The molecule has 130 valence electrons. The van der Waals surface area contributed by atoms with E-state index in [1.807, 2.05) is 6.92 Å².